The van der Waals surface area contributed by atoms with Gasteiger partial charge in [0.15, 0.2) is 0 Å². The first-order valence-corrected chi connectivity index (χ1v) is 5.23. The van der Waals surface area contributed by atoms with Gasteiger partial charge in [-0.3, -0.25) is 4.79 Å². The van der Waals surface area contributed by atoms with Crippen molar-refractivity contribution in [2.45, 2.75) is 39.5 Å². The smallest absolute Gasteiger partial charge is 0.306 e. The zero-order valence-electron chi connectivity index (χ0n) is 9.16. The van der Waals surface area contributed by atoms with E-state index in [1.54, 1.807) is 0 Å². The number of allylic oxidation sites excluding steroid dienone is 3. The van der Waals surface area contributed by atoms with Crippen LogP contribution in [0.1, 0.15) is 39.5 Å². The standard InChI is InChI=1S/C12H20O2/c1-3-5-7-9-11-14-12(13)10-8-6-4-2/h4-7H,3,8-11H2,1-2H3. The van der Waals surface area contributed by atoms with Crippen LogP contribution >= 0.6 is 0 Å². The summed E-state index contributed by atoms with van der Waals surface area (Å²) < 4.78 is 5.01. The molecule has 0 aromatic heterocycles. The largest absolute Gasteiger partial charge is 0.465 e. The molecule has 0 rings (SSSR count). The third-order valence-electron chi connectivity index (χ3n) is 1.70. The lowest BCUT2D eigenvalue weighted by atomic mass is 10.3. The molecule has 0 aliphatic rings. The SMILES string of the molecule is CC=CCCC(=O)OCCC=CCC. The van der Waals surface area contributed by atoms with Crippen LogP contribution in [-0.2, 0) is 9.53 Å². The van der Waals surface area contributed by atoms with Gasteiger partial charge in [-0.1, -0.05) is 31.2 Å². The Morgan fingerprint density at radius 1 is 1.21 bits per heavy atom. The molecule has 0 spiro atoms. The van der Waals surface area contributed by atoms with Crippen LogP contribution in [0.3, 0.4) is 0 Å². The highest BCUT2D eigenvalue weighted by Gasteiger charge is 1.98. The maximum Gasteiger partial charge on any atom is 0.306 e. The fraction of sp³-hybridized carbons (Fsp3) is 0.583. The van der Waals surface area contributed by atoms with Gasteiger partial charge in [-0.2, -0.15) is 0 Å². The van der Waals surface area contributed by atoms with Crippen molar-refractivity contribution in [3.05, 3.63) is 24.3 Å². The number of carbonyl (C=O) groups excluding carboxylic acids is 1. The number of ether oxygens (including phenoxy) is 1. The molecule has 0 fully saturated rings. The minimum atomic E-state index is -0.104. The minimum absolute atomic E-state index is 0.104. The highest BCUT2D eigenvalue weighted by atomic mass is 16.5. The molecule has 0 saturated heterocycles. The highest BCUT2D eigenvalue weighted by Crippen LogP contribution is 1.96. The van der Waals surface area contributed by atoms with Crippen LogP contribution in [0.25, 0.3) is 0 Å². The van der Waals surface area contributed by atoms with Crippen LogP contribution in [0.4, 0.5) is 0 Å². The Balaban J connectivity index is 3.31. The van der Waals surface area contributed by atoms with Gasteiger partial charge in [0.2, 0.25) is 0 Å². The van der Waals surface area contributed by atoms with E-state index in [2.05, 4.69) is 13.0 Å². The molecule has 0 unspecified atom stereocenters. The molecule has 0 aliphatic carbocycles. The lowest BCUT2D eigenvalue weighted by molar-refractivity contribution is -0.143. The summed E-state index contributed by atoms with van der Waals surface area (Å²) in [5.74, 6) is -0.104. The molecule has 0 saturated carbocycles. The molecule has 2 nitrogen and oxygen atoms in total. The molecule has 0 amide bonds. The second-order valence-corrected chi connectivity index (χ2v) is 3.00. The van der Waals surface area contributed by atoms with Crippen molar-refractivity contribution >= 4 is 5.97 Å². The maximum absolute atomic E-state index is 11.1. The summed E-state index contributed by atoms with van der Waals surface area (Å²) in [4.78, 5) is 11.1. The average Bonchev–Trinajstić information content (AvgIpc) is 2.18. The number of esters is 1. The zero-order valence-corrected chi connectivity index (χ0v) is 9.16. The van der Waals surface area contributed by atoms with Gasteiger partial charge >= 0.3 is 5.97 Å². The Morgan fingerprint density at radius 3 is 2.64 bits per heavy atom. The fourth-order valence-corrected chi connectivity index (χ4v) is 0.965. The molecular weight excluding hydrogens is 176 g/mol. The fourth-order valence-electron chi connectivity index (χ4n) is 0.965. The second-order valence-electron chi connectivity index (χ2n) is 3.00. The summed E-state index contributed by atoms with van der Waals surface area (Å²) in [5, 5.41) is 0. The van der Waals surface area contributed by atoms with Crippen molar-refractivity contribution in [1.29, 1.82) is 0 Å². The lowest BCUT2D eigenvalue weighted by Gasteiger charge is -2.00. The van der Waals surface area contributed by atoms with Crippen LogP contribution in [-0.4, -0.2) is 12.6 Å². The number of hydrogen-bond acceptors (Lipinski definition) is 2. The van der Waals surface area contributed by atoms with E-state index in [0.29, 0.717) is 13.0 Å². The summed E-state index contributed by atoms with van der Waals surface area (Å²) in [6, 6.07) is 0. The van der Waals surface area contributed by atoms with E-state index < -0.39 is 0 Å². The zero-order chi connectivity index (χ0) is 10.6. The first-order chi connectivity index (χ1) is 6.81. The van der Waals surface area contributed by atoms with Crippen molar-refractivity contribution in [2.75, 3.05) is 6.61 Å². The third kappa shape index (κ3) is 9.04. The van der Waals surface area contributed by atoms with Gasteiger partial charge in [-0.05, 0) is 26.2 Å². The van der Waals surface area contributed by atoms with Crippen LogP contribution in [0.5, 0.6) is 0 Å². The summed E-state index contributed by atoms with van der Waals surface area (Å²) in [7, 11) is 0. The van der Waals surface area contributed by atoms with Gasteiger partial charge in [-0.25, -0.2) is 0 Å². The minimum Gasteiger partial charge on any atom is -0.465 e. The van der Waals surface area contributed by atoms with E-state index in [1.165, 1.54) is 0 Å². The van der Waals surface area contributed by atoms with E-state index >= 15 is 0 Å². The molecule has 0 radical (unpaired) electrons. The first kappa shape index (κ1) is 12.9. The van der Waals surface area contributed by atoms with E-state index in [1.807, 2.05) is 25.2 Å². The van der Waals surface area contributed by atoms with Crippen LogP contribution in [0.2, 0.25) is 0 Å². The predicted molar refractivity (Wildman–Crippen MR) is 59.1 cm³/mol. The molecule has 0 aromatic carbocycles. The maximum atomic E-state index is 11.1. The van der Waals surface area contributed by atoms with Crippen LogP contribution in [0.15, 0.2) is 24.3 Å². The van der Waals surface area contributed by atoms with E-state index in [4.69, 9.17) is 4.74 Å². The molecule has 0 heterocycles. The Bertz CT molecular complexity index is 192. The molecule has 0 bridgehead atoms. The molecule has 0 aliphatic heterocycles. The second kappa shape index (κ2) is 10.0. The van der Waals surface area contributed by atoms with Crippen LogP contribution in [0, 0.1) is 0 Å². The van der Waals surface area contributed by atoms with E-state index in [-0.39, 0.29) is 5.97 Å². The summed E-state index contributed by atoms with van der Waals surface area (Å²) in [5.41, 5.74) is 0. The summed E-state index contributed by atoms with van der Waals surface area (Å²) >= 11 is 0. The van der Waals surface area contributed by atoms with Gasteiger partial charge in [0, 0.05) is 6.42 Å². The van der Waals surface area contributed by atoms with Crippen molar-refractivity contribution < 1.29 is 9.53 Å². The lowest BCUT2D eigenvalue weighted by Crippen LogP contribution is -2.04. The van der Waals surface area contributed by atoms with Crippen molar-refractivity contribution in [1.82, 2.24) is 0 Å². The van der Waals surface area contributed by atoms with Crippen LogP contribution < -0.4 is 0 Å². The summed E-state index contributed by atoms with van der Waals surface area (Å²) in [6.45, 7) is 4.53. The Hall–Kier alpha value is -1.05. The van der Waals surface area contributed by atoms with Crippen molar-refractivity contribution in [3.8, 4) is 0 Å². The average molecular weight is 196 g/mol. The first-order valence-electron chi connectivity index (χ1n) is 5.23. The predicted octanol–water partition coefficient (Wildman–Crippen LogP) is 3.24. The van der Waals surface area contributed by atoms with Crippen molar-refractivity contribution in [2.24, 2.45) is 0 Å². The third-order valence-corrected chi connectivity index (χ3v) is 1.70. The van der Waals surface area contributed by atoms with E-state index in [9.17, 15) is 4.79 Å². The van der Waals surface area contributed by atoms with Crippen molar-refractivity contribution in [3.63, 3.8) is 0 Å². The highest BCUT2D eigenvalue weighted by molar-refractivity contribution is 5.69. The summed E-state index contributed by atoms with van der Waals surface area (Å²) in [6.07, 6.45) is 11.2. The molecule has 0 N–H and O–H groups in total. The number of hydrogen-bond donors (Lipinski definition) is 0. The Labute approximate surface area is 86.6 Å². The molecule has 0 aromatic rings. The Kier molecular flexibility index (Phi) is 9.28. The quantitative estimate of drug-likeness (QED) is 0.355. The molecular formula is C12H20O2. The topological polar surface area (TPSA) is 26.3 Å². The van der Waals surface area contributed by atoms with Gasteiger partial charge in [0.1, 0.15) is 0 Å². The van der Waals surface area contributed by atoms with Gasteiger partial charge in [0.25, 0.3) is 0 Å². The van der Waals surface area contributed by atoms with Gasteiger partial charge < -0.3 is 4.74 Å². The molecule has 0 atom stereocenters. The monoisotopic (exact) mass is 196 g/mol. The normalized spacial score (nSPS) is 11.3. The molecule has 2 heteroatoms. The Morgan fingerprint density at radius 2 is 2.00 bits per heavy atom. The molecule has 80 valence electrons. The van der Waals surface area contributed by atoms with Gasteiger partial charge in [-0.15, -0.1) is 0 Å². The van der Waals surface area contributed by atoms with Gasteiger partial charge in [0.05, 0.1) is 6.61 Å². The number of carbonyl (C=O) groups is 1. The number of rotatable bonds is 7. The molecule has 14 heavy (non-hydrogen) atoms. The van der Waals surface area contributed by atoms with E-state index in [0.717, 1.165) is 19.3 Å².